The number of allylic oxidation sites excluding steroid dienone is 1. The van der Waals surface area contributed by atoms with Gasteiger partial charge in [0.25, 0.3) is 0 Å². The second kappa shape index (κ2) is 10.0. The molecule has 0 spiro atoms. The van der Waals surface area contributed by atoms with Gasteiger partial charge in [-0.25, -0.2) is 0 Å². The van der Waals surface area contributed by atoms with E-state index in [0.717, 1.165) is 29.7 Å². The summed E-state index contributed by atoms with van der Waals surface area (Å²) in [7, 11) is -2.73. The van der Waals surface area contributed by atoms with Crippen molar-refractivity contribution in [2.45, 2.75) is 52.0 Å². The van der Waals surface area contributed by atoms with E-state index in [1.54, 1.807) is 0 Å². The monoisotopic (exact) mass is 470 g/mol. The number of ether oxygens (including phenoxy) is 1. The zero-order chi connectivity index (χ0) is 24.2. The number of fused-ring (bicyclic) bond motifs is 1. The zero-order valence-corrected chi connectivity index (χ0v) is 21.6. The van der Waals surface area contributed by atoms with Crippen LogP contribution >= 0.6 is 0 Å². The van der Waals surface area contributed by atoms with E-state index in [1.165, 1.54) is 15.9 Å². The number of esters is 1. The number of rotatable bonds is 7. The lowest BCUT2D eigenvalue weighted by Crippen LogP contribution is -2.68. The summed E-state index contributed by atoms with van der Waals surface area (Å²) >= 11 is 0. The van der Waals surface area contributed by atoms with Crippen LogP contribution in [0.5, 0.6) is 5.75 Å². The molecule has 1 aliphatic rings. The Morgan fingerprint density at radius 3 is 2.06 bits per heavy atom. The van der Waals surface area contributed by atoms with Crippen LogP contribution in [0.4, 0.5) is 0 Å². The van der Waals surface area contributed by atoms with Crippen LogP contribution < -0.4 is 14.8 Å². The second-order valence-corrected chi connectivity index (χ2v) is 14.0. The average Bonchev–Trinajstić information content (AvgIpc) is 2.83. The van der Waals surface area contributed by atoms with Gasteiger partial charge in [0, 0.05) is 5.56 Å². The van der Waals surface area contributed by atoms with Crippen molar-refractivity contribution in [2.75, 3.05) is 6.61 Å². The highest BCUT2D eigenvalue weighted by molar-refractivity contribution is 7.00. The largest absolute Gasteiger partial charge is 0.534 e. The molecule has 1 aliphatic carbocycles. The van der Waals surface area contributed by atoms with Gasteiger partial charge in [0.15, 0.2) is 0 Å². The fraction of sp³-hybridized carbons (Fsp3) is 0.300. The lowest BCUT2D eigenvalue weighted by atomic mass is 9.88. The van der Waals surface area contributed by atoms with Gasteiger partial charge in [-0.3, -0.25) is 4.79 Å². The second-order valence-electron chi connectivity index (χ2n) is 9.80. The van der Waals surface area contributed by atoms with Crippen LogP contribution in [-0.2, 0) is 16.0 Å². The lowest BCUT2D eigenvalue weighted by Gasteiger charge is -2.43. The molecule has 0 saturated heterocycles. The number of carbonyl (C=O) groups excluding carboxylic acids is 1. The molecule has 0 saturated carbocycles. The molecular formula is C30H34O3Si. The summed E-state index contributed by atoms with van der Waals surface area (Å²) < 4.78 is 12.6. The molecule has 0 unspecified atom stereocenters. The van der Waals surface area contributed by atoms with Gasteiger partial charge < -0.3 is 9.16 Å². The van der Waals surface area contributed by atoms with Crippen LogP contribution in [-0.4, -0.2) is 20.9 Å². The summed E-state index contributed by atoms with van der Waals surface area (Å²) in [5.74, 6) is 0.751. The third kappa shape index (κ3) is 4.60. The van der Waals surface area contributed by atoms with E-state index >= 15 is 0 Å². The third-order valence-corrected chi connectivity index (χ3v) is 11.5. The Morgan fingerprint density at radius 1 is 0.882 bits per heavy atom. The fourth-order valence-electron chi connectivity index (χ4n) is 5.07. The van der Waals surface area contributed by atoms with Crippen molar-refractivity contribution in [3.05, 3.63) is 96.1 Å². The molecular weight excluding hydrogens is 436 g/mol. The summed E-state index contributed by atoms with van der Waals surface area (Å²) in [6.45, 7) is 9.12. The minimum Gasteiger partial charge on any atom is -0.534 e. The van der Waals surface area contributed by atoms with E-state index in [0.29, 0.717) is 13.0 Å². The average molecular weight is 471 g/mol. The van der Waals surface area contributed by atoms with Crippen LogP contribution in [0, 0.1) is 0 Å². The minimum atomic E-state index is -2.73. The third-order valence-electron chi connectivity index (χ3n) is 6.58. The van der Waals surface area contributed by atoms with Gasteiger partial charge in [0.2, 0.25) is 0 Å². The van der Waals surface area contributed by atoms with E-state index in [4.69, 9.17) is 9.16 Å². The molecule has 0 radical (unpaired) electrons. The summed E-state index contributed by atoms with van der Waals surface area (Å²) in [5, 5.41) is 2.39. The summed E-state index contributed by atoms with van der Waals surface area (Å²) in [6, 6.07) is 27.7. The van der Waals surface area contributed by atoms with Crippen molar-refractivity contribution in [3.8, 4) is 5.75 Å². The number of benzene rings is 3. The Balaban J connectivity index is 1.85. The predicted octanol–water partition coefficient (Wildman–Crippen LogP) is 5.91. The van der Waals surface area contributed by atoms with Crippen molar-refractivity contribution >= 4 is 30.2 Å². The Labute approximate surface area is 204 Å². The highest BCUT2D eigenvalue weighted by Gasteiger charge is 2.52. The summed E-state index contributed by atoms with van der Waals surface area (Å²) in [5.41, 5.74) is 3.33. The van der Waals surface area contributed by atoms with Crippen molar-refractivity contribution in [1.29, 1.82) is 0 Å². The molecule has 3 aromatic carbocycles. The van der Waals surface area contributed by atoms with Crippen LogP contribution in [0.1, 0.15) is 51.7 Å². The van der Waals surface area contributed by atoms with Crippen molar-refractivity contribution < 1.29 is 14.0 Å². The molecule has 0 heterocycles. The first-order valence-corrected chi connectivity index (χ1v) is 14.0. The minimum absolute atomic E-state index is 0.114. The fourth-order valence-corrected chi connectivity index (χ4v) is 9.52. The lowest BCUT2D eigenvalue weighted by molar-refractivity contribution is -0.141. The predicted molar refractivity (Wildman–Crippen MR) is 142 cm³/mol. The number of hydrogen-bond acceptors (Lipinski definition) is 3. The smallest absolute Gasteiger partial charge is 0.319 e. The molecule has 0 aromatic heterocycles. The van der Waals surface area contributed by atoms with Gasteiger partial charge in [-0.05, 0) is 52.4 Å². The molecule has 3 aromatic rings. The van der Waals surface area contributed by atoms with E-state index in [1.807, 2.05) is 6.92 Å². The maximum Gasteiger partial charge on any atom is 0.319 e. The van der Waals surface area contributed by atoms with Gasteiger partial charge >= 0.3 is 14.3 Å². The maximum absolute atomic E-state index is 12.2. The van der Waals surface area contributed by atoms with Gasteiger partial charge in [-0.2, -0.15) is 0 Å². The first-order valence-electron chi connectivity index (χ1n) is 12.1. The van der Waals surface area contributed by atoms with Crippen LogP contribution in [0.3, 0.4) is 0 Å². The first kappa shape index (κ1) is 24.0. The molecule has 0 bridgehead atoms. The Kier molecular flexibility index (Phi) is 7.08. The standard InChI is InChI=1S/C30H34O3Si/c1-5-32-29(31)22-23-14-12-20-27-26(23)19-13-21-28(27)33-34(30(2,3)4,24-15-8-6-9-16-24)25-17-10-7-11-18-25/h6-11,13-19,21H,5,12,20,22H2,1-4H3. The van der Waals surface area contributed by atoms with Gasteiger partial charge in [-0.1, -0.05) is 99.6 Å². The molecule has 0 atom stereocenters. The molecule has 3 nitrogen and oxygen atoms in total. The summed E-state index contributed by atoms with van der Waals surface area (Å²) in [4.78, 5) is 12.2. The molecule has 34 heavy (non-hydrogen) atoms. The van der Waals surface area contributed by atoms with Gasteiger partial charge in [-0.15, -0.1) is 0 Å². The topological polar surface area (TPSA) is 35.5 Å². The molecule has 4 heteroatoms. The Hall–Kier alpha value is -3.11. The van der Waals surface area contributed by atoms with E-state index in [2.05, 4.69) is 106 Å². The molecule has 0 fully saturated rings. The van der Waals surface area contributed by atoms with Crippen LogP contribution in [0.2, 0.25) is 5.04 Å². The van der Waals surface area contributed by atoms with Crippen molar-refractivity contribution in [2.24, 2.45) is 0 Å². The Bertz CT molecular complexity index is 1120. The van der Waals surface area contributed by atoms with Crippen molar-refractivity contribution in [1.82, 2.24) is 0 Å². The SMILES string of the molecule is CCOC(=O)CC1=CCCc2c(O[Si](c3ccccc3)(c3ccccc3)C(C)(C)C)cccc21. The Morgan fingerprint density at radius 2 is 1.50 bits per heavy atom. The highest BCUT2D eigenvalue weighted by Crippen LogP contribution is 2.41. The normalized spacial score (nSPS) is 13.6. The maximum atomic E-state index is 12.2. The molecule has 176 valence electrons. The van der Waals surface area contributed by atoms with Gasteiger partial charge in [0.1, 0.15) is 5.75 Å². The van der Waals surface area contributed by atoms with E-state index < -0.39 is 8.32 Å². The van der Waals surface area contributed by atoms with Crippen LogP contribution in [0.15, 0.2) is 84.9 Å². The number of carbonyl (C=O) groups is 1. The zero-order valence-electron chi connectivity index (χ0n) is 20.6. The quantitative estimate of drug-likeness (QED) is 0.318. The van der Waals surface area contributed by atoms with Gasteiger partial charge in [0.05, 0.1) is 13.0 Å². The molecule has 0 amide bonds. The first-order chi connectivity index (χ1) is 16.4. The molecule has 4 rings (SSSR count). The van der Waals surface area contributed by atoms with E-state index in [-0.39, 0.29) is 11.0 Å². The van der Waals surface area contributed by atoms with E-state index in [9.17, 15) is 4.79 Å². The number of hydrogen-bond donors (Lipinski definition) is 0. The molecule has 0 aliphatic heterocycles. The van der Waals surface area contributed by atoms with Crippen molar-refractivity contribution in [3.63, 3.8) is 0 Å². The summed E-state index contributed by atoms with van der Waals surface area (Å²) in [6.07, 6.45) is 4.26. The van der Waals surface area contributed by atoms with Crippen LogP contribution in [0.25, 0.3) is 5.57 Å². The highest BCUT2D eigenvalue weighted by atomic mass is 28.4. The molecule has 0 N–H and O–H groups in total.